The Morgan fingerprint density at radius 3 is 2.53 bits per heavy atom. The molecule has 4 rings (SSSR count). The molecular formula is C15H19FN2O. The zero-order valence-corrected chi connectivity index (χ0v) is 11.0. The molecule has 1 aromatic carbocycles. The summed E-state index contributed by atoms with van der Waals surface area (Å²) in [5.41, 5.74) is 6.79. The van der Waals surface area contributed by atoms with E-state index in [4.69, 9.17) is 5.73 Å². The molecule has 0 spiro atoms. The van der Waals surface area contributed by atoms with Crippen LogP contribution in [0.25, 0.3) is 0 Å². The number of fused-ring (bicyclic) bond motifs is 1. The van der Waals surface area contributed by atoms with Crippen molar-refractivity contribution < 1.29 is 9.18 Å². The predicted octanol–water partition coefficient (Wildman–Crippen LogP) is 2.53. The normalized spacial score (nSPS) is 33.6. The van der Waals surface area contributed by atoms with Gasteiger partial charge in [0.15, 0.2) is 0 Å². The van der Waals surface area contributed by atoms with Crippen LogP contribution in [0.1, 0.15) is 26.2 Å². The molecule has 2 atom stereocenters. The minimum Gasteiger partial charge on any atom is -0.327 e. The van der Waals surface area contributed by atoms with Crippen molar-refractivity contribution >= 4 is 11.6 Å². The molecule has 0 unspecified atom stereocenters. The molecule has 0 saturated heterocycles. The van der Waals surface area contributed by atoms with E-state index in [2.05, 4.69) is 5.32 Å². The molecule has 3 aliphatic rings. The Morgan fingerprint density at radius 1 is 1.37 bits per heavy atom. The summed E-state index contributed by atoms with van der Waals surface area (Å²) < 4.78 is 12.8. The maximum absolute atomic E-state index is 12.8. The lowest BCUT2D eigenvalue weighted by molar-refractivity contribution is -0.125. The summed E-state index contributed by atoms with van der Waals surface area (Å²) >= 11 is 0. The Morgan fingerprint density at radius 2 is 2.00 bits per heavy atom. The van der Waals surface area contributed by atoms with Gasteiger partial charge in [-0.25, -0.2) is 4.39 Å². The first-order chi connectivity index (χ1) is 9.00. The number of hydrogen-bond acceptors (Lipinski definition) is 2. The van der Waals surface area contributed by atoms with Gasteiger partial charge in [-0.15, -0.1) is 0 Å². The second-order valence-electron chi connectivity index (χ2n) is 6.12. The molecule has 0 aromatic heterocycles. The van der Waals surface area contributed by atoms with Crippen molar-refractivity contribution in [2.45, 2.75) is 32.2 Å². The Balaban J connectivity index is 1.66. The first-order valence-corrected chi connectivity index (χ1v) is 6.82. The summed E-state index contributed by atoms with van der Waals surface area (Å²) in [5, 5.41) is 2.86. The Bertz CT molecular complexity index is 493. The number of halogens is 1. The quantitative estimate of drug-likeness (QED) is 0.879. The number of rotatable bonds is 3. The molecule has 0 radical (unpaired) electrons. The minimum absolute atomic E-state index is 0.0131. The minimum atomic E-state index is -0.298. The van der Waals surface area contributed by atoms with E-state index in [1.54, 1.807) is 12.1 Å². The molecule has 3 saturated carbocycles. The summed E-state index contributed by atoms with van der Waals surface area (Å²) in [7, 11) is 0. The van der Waals surface area contributed by atoms with Crippen molar-refractivity contribution in [3.8, 4) is 0 Å². The largest absolute Gasteiger partial charge is 0.327 e. The zero-order valence-electron chi connectivity index (χ0n) is 11.0. The number of hydrogen-bond donors (Lipinski definition) is 2. The fourth-order valence-corrected chi connectivity index (χ4v) is 3.68. The molecule has 1 aromatic rings. The molecule has 0 heterocycles. The van der Waals surface area contributed by atoms with Crippen LogP contribution in [0.4, 0.5) is 10.1 Å². The molecule has 1 amide bonds. The number of carbonyl (C=O) groups is 1. The summed E-state index contributed by atoms with van der Waals surface area (Å²) in [4.78, 5) is 12.3. The smallest absolute Gasteiger partial charge is 0.227 e. The molecule has 102 valence electrons. The van der Waals surface area contributed by atoms with E-state index in [-0.39, 0.29) is 29.1 Å². The monoisotopic (exact) mass is 262 g/mol. The van der Waals surface area contributed by atoms with E-state index in [1.807, 2.05) is 6.92 Å². The maximum atomic E-state index is 12.8. The van der Waals surface area contributed by atoms with Gasteiger partial charge in [0.2, 0.25) is 5.91 Å². The molecule has 3 N–H and O–H groups in total. The Hall–Kier alpha value is -1.42. The van der Waals surface area contributed by atoms with Crippen LogP contribution in [0, 0.1) is 23.1 Å². The van der Waals surface area contributed by atoms with Crippen LogP contribution >= 0.6 is 0 Å². The van der Waals surface area contributed by atoms with E-state index in [9.17, 15) is 9.18 Å². The SMILES string of the molecule is C[C@H](C(=O)Nc1ccc(F)cc1)C12CC(C1)[C@@H](N)C2. The van der Waals surface area contributed by atoms with Crippen molar-refractivity contribution in [2.75, 3.05) is 5.32 Å². The van der Waals surface area contributed by atoms with Gasteiger partial charge in [0.05, 0.1) is 0 Å². The molecular weight excluding hydrogens is 243 g/mol. The highest BCUT2D eigenvalue weighted by Crippen LogP contribution is 2.62. The van der Waals surface area contributed by atoms with Gasteiger partial charge < -0.3 is 11.1 Å². The zero-order chi connectivity index (χ0) is 13.6. The molecule has 3 fully saturated rings. The number of carbonyl (C=O) groups excluding carboxylic acids is 1. The highest BCUT2D eigenvalue weighted by Gasteiger charge is 2.58. The molecule has 3 nitrogen and oxygen atoms in total. The lowest BCUT2D eigenvalue weighted by Gasteiger charge is -2.42. The first-order valence-electron chi connectivity index (χ1n) is 6.82. The lowest BCUT2D eigenvalue weighted by Crippen LogP contribution is -2.41. The summed E-state index contributed by atoms with van der Waals surface area (Å²) in [6.07, 6.45) is 3.11. The Labute approximate surface area is 112 Å². The topological polar surface area (TPSA) is 55.1 Å². The third-order valence-corrected chi connectivity index (χ3v) is 5.01. The van der Waals surface area contributed by atoms with E-state index in [0.29, 0.717) is 11.6 Å². The number of amides is 1. The van der Waals surface area contributed by atoms with Gasteiger partial charge in [0.25, 0.3) is 0 Å². The van der Waals surface area contributed by atoms with E-state index in [0.717, 1.165) is 19.3 Å². The van der Waals surface area contributed by atoms with Gasteiger partial charge in [-0.1, -0.05) is 6.92 Å². The standard InChI is InChI=1S/C15H19FN2O/c1-9(15-6-10(7-15)13(17)8-15)14(19)18-12-4-2-11(16)3-5-12/h2-5,9-10,13H,6-8,17H2,1H3,(H,18,19)/t9-,10?,13+,15?/m1/s1. The second-order valence-corrected chi connectivity index (χ2v) is 6.12. The van der Waals surface area contributed by atoms with Crippen molar-refractivity contribution in [3.63, 3.8) is 0 Å². The molecule has 0 aliphatic heterocycles. The van der Waals surface area contributed by atoms with Gasteiger partial charge in [0, 0.05) is 17.6 Å². The number of nitrogens with two attached hydrogens (primary N) is 1. The molecule has 4 heteroatoms. The van der Waals surface area contributed by atoms with Crippen molar-refractivity contribution in [1.82, 2.24) is 0 Å². The fraction of sp³-hybridized carbons (Fsp3) is 0.533. The van der Waals surface area contributed by atoms with Crippen molar-refractivity contribution in [2.24, 2.45) is 23.0 Å². The fourth-order valence-electron chi connectivity index (χ4n) is 3.68. The van der Waals surface area contributed by atoms with Crippen molar-refractivity contribution in [3.05, 3.63) is 30.1 Å². The van der Waals surface area contributed by atoms with Crippen LogP contribution in [0.3, 0.4) is 0 Å². The summed E-state index contributed by atoms with van der Waals surface area (Å²) in [6.45, 7) is 1.98. The van der Waals surface area contributed by atoms with Crippen molar-refractivity contribution in [1.29, 1.82) is 0 Å². The average molecular weight is 262 g/mol. The van der Waals surface area contributed by atoms with Crippen LogP contribution in [-0.4, -0.2) is 11.9 Å². The van der Waals surface area contributed by atoms with Gasteiger partial charge in [-0.05, 0) is 54.9 Å². The highest BCUT2D eigenvalue weighted by molar-refractivity contribution is 5.93. The number of anilines is 1. The highest BCUT2D eigenvalue weighted by atomic mass is 19.1. The third kappa shape index (κ3) is 2.04. The van der Waals surface area contributed by atoms with Crippen LogP contribution in [0.5, 0.6) is 0 Å². The van der Waals surface area contributed by atoms with Gasteiger partial charge in [0.1, 0.15) is 5.82 Å². The Kier molecular flexibility index (Phi) is 2.86. The average Bonchev–Trinajstić information content (AvgIpc) is 2.83. The van der Waals surface area contributed by atoms with E-state index < -0.39 is 0 Å². The maximum Gasteiger partial charge on any atom is 0.227 e. The summed E-state index contributed by atoms with van der Waals surface area (Å²) in [5.74, 6) is 0.288. The van der Waals surface area contributed by atoms with Gasteiger partial charge in [-0.3, -0.25) is 4.79 Å². The van der Waals surface area contributed by atoms with Crippen LogP contribution in [-0.2, 0) is 4.79 Å². The third-order valence-electron chi connectivity index (χ3n) is 5.01. The van der Waals surface area contributed by atoms with E-state index >= 15 is 0 Å². The van der Waals surface area contributed by atoms with Gasteiger partial charge in [-0.2, -0.15) is 0 Å². The second kappa shape index (κ2) is 4.30. The van der Waals surface area contributed by atoms with Gasteiger partial charge >= 0.3 is 0 Å². The molecule has 2 bridgehead atoms. The molecule has 19 heavy (non-hydrogen) atoms. The van der Waals surface area contributed by atoms with Crippen LogP contribution < -0.4 is 11.1 Å². The number of benzene rings is 1. The predicted molar refractivity (Wildman–Crippen MR) is 71.9 cm³/mol. The van der Waals surface area contributed by atoms with Crippen LogP contribution in [0.15, 0.2) is 24.3 Å². The molecule has 3 aliphatic carbocycles. The number of nitrogens with one attached hydrogen (secondary N) is 1. The van der Waals surface area contributed by atoms with E-state index in [1.165, 1.54) is 12.1 Å². The lowest BCUT2D eigenvalue weighted by atomic mass is 9.62. The first kappa shape index (κ1) is 12.6. The summed E-state index contributed by atoms with van der Waals surface area (Å²) in [6, 6.07) is 6.14. The van der Waals surface area contributed by atoms with Crippen LogP contribution in [0.2, 0.25) is 0 Å².